The van der Waals surface area contributed by atoms with Gasteiger partial charge in [0.05, 0.1) is 12.7 Å². The molecule has 2 N–H and O–H groups in total. The third-order valence-electron chi connectivity index (χ3n) is 3.66. The highest BCUT2D eigenvalue weighted by atomic mass is 16.5. The van der Waals surface area contributed by atoms with E-state index in [1.807, 2.05) is 0 Å². The number of amides is 2. The van der Waals surface area contributed by atoms with Crippen LogP contribution in [0.2, 0.25) is 0 Å². The number of anilines is 1. The molecule has 0 bridgehead atoms. The van der Waals surface area contributed by atoms with Crippen LogP contribution >= 0.6 is 0 Å². The summed E-state index contributed by atoms with van der Waals surface area (Å²) in [4.78, 5) is 23.3. The van der Waals surface area contributed by atoms with Crippen molar-refractivity contribution in [3.8, 4) is 0 Å². The molecule has 5 nitrogen and oxygen atoms in total. The molecule has 1 aromatic rings. The first-order valence-electron chi connectivity index (χ1n) is 7.60. The van der Waals surface area contributed by atoms with Crippen molar-refractivity contribution < 1.29 is 14.3 Å². The number of hydrogen-bond acceptors (Lipinski definition) is 3. The number of methoxy groups -OCH3 is 1. The van der Waals surface area contributed by atoms with Gasteiger partial charge in [-0.2, -0.15) is 0 Å². The maximum absolute atomic E-state index is 11.8. The first kappa shape index (κ1) is 16.1. The van der Waals surface area contributed by atoms with E-state index in [1.54, 1.807) is 24.3 Å². The Kier molecular flexibility index (Phi) is 6.01. The normalized spacial score (nSPS) is 14.0. The van der Waals surface area contributed by atoms with Gasteiger partial charge in [-0.25, -0.2) is 9.59 Å². The van der Waals surface area contributed by atoms with E-state index in [9.17, 15) is 9.59 Å². The number of allylic oxidation sites excluding steroid dienone is 1. The second-order valence-corrected chi connectivity index (χ2v) is 5.31. The van der Waals surface area contributed by atoms with E-state index >= 15 is 0 Å². The minimum Gasteiger partial charge on any atom is -0.465 e. The second kappa shape index (κ2) is 8.22. The van der Waals surface area contributed by atoms with Crippen LogP contribution in [0, 0.1) is 0 Å². The SMILES string of the molecule is COC(=O)c1cccc(NC(=O)NCCC2=CCCCC2)c1. The number of ether oxygens (including phenoxy) is 1. The van der Waals surface area contributed by atoms with Crippen molar-refractivity contribution in [2.75, 3.05) is 19.0 Å². The van der Waals surface area contributed by atoms with Crippen molar-refractivity contribution in [1.29, 1.82) is 0 Å². The smallest absolute Gasteiger partial charge is 0.337 e. The number of benzene rings is 1. The Bertz CT molecular complexity index is 567. The Morgan fingerprint density at radius 1 is 1.27 bits per heavy atom. The lowest BCUT2D eigenvalue weighted by Crippen LogP contribution is -2.29. The van der Waals surface area contributed by atoms with Gasteiger partial charge < -0.3 is 15.4 Å². The summed E-state index contributed by atoms with van der Waals surface area (Å²) < 4.78 is 4.65. The standard InChI is InChI=1S/C17H22N2O3/c1-22-16(20)14-8-5-9-15(12-14)19-17(21)18-11-10-13-6-3-2-4-7-13/h5-6,8-9,12H,2-4,7,10-11H2,1H3,(H2,18,19,21). The quantitative estimate of drug-likeness (QED) is 0.646. The fraction of sp³-hybridized carbons (Fsp3) is 0.412. The van der Waals surface area contributed by atoms with Crippen LogP contribution in [0.5, 0.6) is 0 Å². The van der Waals surface area contributed by atoms with Crippen molar-refractivity contribution in [1.82, 2.24) is 5.32 Å². The van der Waals surface area contributed by atoms with Crippen LogP contribution in [-0.2, 0) is 4.74 Å². The molecule has 1 aliphatic rings. The molecule has 0 saturated carbocycles. The highest BCUT2D eigenvalue weighted by Crippen LogP contribution is 2.19. The lowest BCUT2D eigenvalue weighted by molar-refractivity contribution is 0.0600. The van der Waals surface area contributed by atoms with Gasteiger partial charge in [0, 0.05) is 12.2 Å². The first-order chi connectivity index (χ1) is 10.7. The number of urea groups is 1. The Hall–Kier alpha value is -2.30. The third kappa shape index (κ3) is 4.91. The minimum absolute atomic E-state index is 0.265. The van der Waals surface area contributed by atoms with Gasteiger partial charge in [-0.3, -0.25) is 0 Å². The van der Waals surface area contributed by atoms with Gasteiger partial charge in [0.2, 0.25) is 0 Å². The largest absolute Gasteiger partial charge is 0.465 e. The molecule has 0 aromatic heterocycles. The third-order valence-corrected chi connectivity index (χ3v) is 3.66. The number of hydrogen-bond donors (Lipinski definition) is 2. The van der Waals surface area contributed by atoms with E-state index in [4.69, 9.17) is 0 Å². The van der Waals surface area contributed by atoms with Crippen molar-refractivity contribution in [2.45, 2.75) is 32.1 Å². The second-order valence-electron chi connectivity index (χ2n) is 5.31. The molecule has 0 saturated heterocycles. The minimum atomic E-state index is -0.423. The molecule has 0 spiro atoms. The fourth-order valence-electron chi connectivity index (χ4n) is 2.49. The molecule has 0 aliphatic heterocycles. The van der Waals surface area contributed by atoms with E-state index in [0.29, 0.717) is 17.8 Å². The molecule has 5 heteroatoms. The number of nitrogens with one attached hydrogen (secondary N) is 2. The summed E-state index contributed by atoms with van der Waals surface area (Å²) in [5.74, 6) is -0.423. The molecule has 2 amide bonds. The number of esters is 1. The summed E-state index contributed by atoms with van der Waals surface area (Å²) in [6, 6.07) is 6.41. The van der Waals surface area contributed by atoms with Crippen molar-refractivity contribution in [3.05, 3.63) is 41.5 Å². The Morgan fingerprint density at radius 2 is 2.14 bits per heavy atom. The van der Waals surface area contributed by atoms with Crippen molar-refractivity contribution in [2.24, 2.45) is 0 Å². The van der Waals surface area contributed by atoms with E-state index in [-0.39, 0.29) is 6.03 Å². The summed E-state index contributed by atoms with van der Waals surface area (Å²) >= 11 is 0. The molecule has 1 aromatic carbocycles. The zero-order valence-electron chi connectivity index (χ0n) is 12.9. The highest BCUT2D eigenvalue weighted by molar-refractivity contribution is 5.93. The molecule has 1 aliphatic carbocycles. The van der Waals surface area contributed by atoms with E-state index in [2.05, 4.69) is 21.4 Å². The summed E-state index contributed by atoms with van der Waals surface area (Å²) in [6.45, 7) is 0.619. The molecule has 2 rings (SSSR count). The number of carbonyl (C=O) groups is 2. The summed E-state index contributed by atoms with van der Waals surface area (Å²) in [6.07, 6.45) is 8.00. The Morgan fingerprint density at radius 3 is 2.86 bits per heavy atom. The van der Waals surface area contributed by atoms with Gasteiger partial charge in [-0.1, -0.05) is 17.7 Å². The molecule has 0 unspecified atom stereocenters. The van der Waals surface area contributed by atoms with E-state index in [1.165, 1.54) is 25.5 Å². The van der Waals surface area contributed by atoms with E-state index < -0.39 is 5.97 Å². The van der Waals surface area contributed by atoms with Crippen LogP contribution in [0.15, 0.2) is 35.9 Å². The van der Waals surface area contributed by atoms with Gasteiger partial charge in [0.1, 0.15) is 0 Å². The molecular formula is C17H22N2O3. The van der Waals surface area contributed by atoms with Crippen molar-refractivity contribution in [3.63, 3.8) is 0 Å². The predicted octanol–water partition coefficient (Wildman–Crippen LogP) is 3.49. The maximum Gasteiger partial charge on any atom is 0.337 e. The van der Waals surface area contributed by atoms with Crippen LogP contribution < -0.4 is 10.6 Å². The van der Waals surface area contributed by atoms with Gasteiger partial charge in [-0.15, -0.1) is 0 Å². The monoisotopic (exact) mass is 302 g/mol. The zero-order valence-corrected chi connectivity index (χ0v) is 12.9. The Labute approximate surface area is 130 Å². The molecular weight excluding hydrogens is 280 g/mol. The zero-order chi connectivity index (χ0) is 15.8. The average Bonchev–Trinajstić information content (AvgIpc) is 2.55. The number of rotatable bonds is 5. The molecule has 0 heterocycles. The van der Waals surface area contributed by atoms with Gasteiger partial charge in [0.15, 0.2) is 0 Å². The lowest BCUT2D eigenvalue weighted by Gasteiger charge is -2.13. The molecule has 0 radical (unpaired) electrons. The first-order valence-corrected chi connectivity index (χ1v) is 7.60. The summed E-state index contributed by atoms with van der Waals surface area (Å²) in [5, 5.41) is 5.56. The molecule has 0 fully saturated rings. The fourth-order valence-corrected chi connectivity index (χ4v) is 2.49. The van der Waals surface area contributed by atoms with Gasteiger partial charge in [0.25, 0.3) is 0 Å². The van der Waals surface area contributed by atoms with Gasteiger partial charge in [-0.05, 0) is 50.3 Å². The molecule has 0 atom stereocenters. The average molecular weight is 302 g/mol. The van der Waals surface area contributed by atoms with Crippen LogP contribution in [-0.4, -0.2) is 25.7 Å². The predicted molar refractivity (Wildman–Crippen MR) is 86.0 cm³/mol. The Balaban J connectivity index is 1.79. The lowest BCUT2D eigenvalue weighted by atomic mass is 9.97. The van der Waals surface area contributed by atoms with Gasteiger partial charge >= 0.3 is 12.0 Å². The van der Waals surface area contributed by atoms with Crippen LogP contribution in [0.3, 0.4) is 0 Å². The highest BCUT2D eigenvalue weighted by Gasteiger charge is 2.08. The van der Waals surface area contributed by atoms with Crippen LogP contribution in [0.4, 0.5) is 10.5 Å². The number of carbonyl (C=O) groups excluding carboxylic acids is 2. The summed E-state index contributed by atoms with van der Waals surface area (Å²) in [5.41, 5.74) is 2.41. The molecule has 118 valence electrons. The summed E-state index contributed by atoms with van der Waals surface area (Å²) in [7, 11) is 1.33. The molecule has 22 heavy (non-hydrogen) atoms. The van der Waals surface area contributed by atoms with E-state index in [0.717, 1.165) is 19.3 Å². The maximum atomic E-state index is 11.8. The van der Waals surface area contributed by atoms with Crippen LogP contribution in [0.1, 0.15) is 42.5 Å². The topological polar surface area (TPSA) is 67.4 Å². The van der Waals surface area contributed by atoms with Crippen molar-refractivity contribution >= 4 is 17.7 Å². The van der Waals surface area contributed by atoms with Crippen LogP contribution in [0.25, 0.3) is 0 Å².